The van der Waals surface area contributed by atoms with E-state index in [4.69, 9.17) is 16.0 Å². The smallest absolute Gasteiger partial charge is 0.297 e. The first kappa shape index (κ1) is 10.5. The minimum atomic E-state index is 0.436. The molecular formula is C12H17ClN2O. The van der Waals surface area contributed by atoms with Crippen LogP contribution in [0.2, 0.25) is 0 Å². The van der Waals surface area contributed by atoms with E-state index in [2.05, 4.69) is 9.88 Å². The molecule has 1 aromatic heterocycles. The van der Waals surface area contributed by atoms with E-state index in [1.54, 1.807) is 6.26 Å². The van der Waals surface area contributed by atoms with Crippen molar-refractivity contribution in [2.24, 2.45) is 5.92 Å². The highest BCUT2D eigenvalue weighted by atomic mass is 35.5. The maximum absolute atomic E-state index is 5.74. The van der Waals surface area contributed by atoms with E-state index < -0.39 is 0 Å². The summed E-state index contributed by atoms with van der Waals surface area (Å²) in [5.74, 6) is 1.30. The van der Waals surface area contributed by atoms with Crippen LogP contribution in [-0.2, 0) is 5.88 Å². The third-order valence-corrected chi connectivity index (χ3v) is 4.21. The van der Waals surface area contributed by atoms with Crippen molar-refractivity contribution in [2.45, 2.75) is 44.0 Å². The zero-order chi connectivity index (χ0) is 11.0. The summed E-state index contributed by atoms with van der Waals surface area (Å²) in [6.45, 7) is 1.09. The fourth-order valence-electron chi connectivity index (χ4n) is 3.13. The summed E-state index contributed by atoms with van der Waals surface area (Å²) in [5.41, 5.74) is 0.843. The number of hydrogen-bond donors (Lipinski definition) is 0. The van der Waals surface area contributed by atoms with Gasteiger partial charge in [-0.15, -0.1) is 11.6 Å². The highest BCUT2D eigenvalue weighted by Gasteiger charge is 2.37. The second-order valence-corrected chi connectivity index (χ2v) is 5.12. The number of nitrogens with zero attached hydrogens (tertiary/aromatic N) is 2. The van der Waals surface area contributed by atoms with Crippen molar-refractivity contribution in [2.75, 3.05) is 11.4 Å². The first-order chi connectivity index (χ1) is 7.88. The van der Waals surface area contributed by atoms with E-state index in [1.165, 1.54) is 32.1 Å². The number of alkyl halides is 1. The molecule has 2 fully saturated rings. The van der Waals surface area contributed by atoms with E-state index in [0.717, 1.165) is 24.2 Å². The van der Waals surface area contributed by atoms with Gasteiger partial charge in [-0.1, -0.05) is 12.8 Å². The van der Waals surface area contributed by atoms with E-state index in [1.807, 2.05) is 0 Å². The molecule has 0 N–H and O–H groups in total. The van der Waals surface area contributed by atoms with Gasteiger partial charge in [-0.3, -0.25) is 0 Å². The van der Waals surface area contributed by atoms with Crippen LogP contribution in [0.25, 0.3) is 0 Å². The molecule has 0 radical (unpaired) electrons. The predicted molar refractivity (Wildman–Crippen MR) is 63.8 cm³/mol. The summed E-state index contributed by atoms with van der Waals surface area (Å²) in [6, 6.07) is 1.45. The molecule has 16 heavy (non-hydrogen) atoms. The van der Waals surface area contributed by atoms with Gasteiger partial charge < -0.3 is 9.32 Å². The number of halogens is 1. The van der Waals surface area contributed by atoms with Crippen LogP contribution in [0.4, 0.5) is 6.01 Å². The van der Waals surface area contributed by atoms with Crippen molar-refractivity contribution in [3.63, 3.8) is 0 Å². The second-order valence-electron chi connectivity index (χ2n) is 4.85. The van der Waals surface area contributed by atoms with Crippen LogP contribution in [0.5, 0.6) is 0 Å². The lowest BCUT2D eigenvalue weighted by atomic mass is 9.85. The molecular weight excluding hydrogens is 224 g/mol. The van der Waals surface area contributed by atoms with Gasteiger partial charge in [0.15, 0.2) is 0 Å². The third kappa shape index (κ3) is 1.71. The molecule has 1 aliphatic carbocycles. The number of hydrogen-bond acceptors (Lipinski definition) is 3. The normalized spacial score (nSPS) is 29.4. The quantitative estimate of drug-likeness (QED) is 0.744. The summed E-state index contributed by atoms with van der Waals surface area (Å²) in [6.07, 6.45) is 8.39. The molecule has 1 saturated heterocycles. The number of rotatable bonds is 2. The summed E-state index contributed by atoms with van der Waals surface area (Å²) in [4.78, 5) is 6.78. The largest absolute Gasteiger partial charge is 0.432 e. The van der Waals surface area contributed by atoms with Crippen molar-refractivity contribution in [1.82, 2.24) is 4.98 Å². The molecule has 0 spiro atoms. The molecule has 2 aliphatic rings. The minimum Gasteiger partial charge on any atom is -0.432 e. The van der Waals surface area contributed by atoms with Crippen molar-refractivity contribution in [3.05, 3.63) is 12.0 Å². The van der Waals surface area contributed by atoms with E-state index in [9.17, 15) is 0 Å². The molecule has 0 amide bonds. The van der Waals surface area contributed by atoms with E-state index in [-0.39, 0.29) is 0 Å². The lowest BCUT2D eigenvalue weighted by Gasteiger charge is -2.30. The Morgan fingerprint density at radius 1 is 1.38 bits per heavy atom. The monoisotopic (exact) mass is 240 g/mol. The Balaban J connectivity index is 1.79. The van der Waals surface area contributed by atoms with Crippen LogP contribution in [0.3, 0.4) is 0 Å². The van der Waals surface area contributed by atoms with Crippen molar-refractivity contribution in [3.8, 4) is 0 Å². The average molecular weight is 241 g/mol. The van der Waals surface area contributed by atoms with E-state index >= 15 is 0 Å². The zero-order valence-electron chi connectivity index (χ0n) is 9.36. The molecule has 0 bridgehead atoms. The summed E-state index contributed by atoms with van der Waals surface area (Å²) in [5, 5.41) is 0. The summed E-state index contributed by atoms with van der Waals surface area (Å²) >= 11 is 5.74. The van der Waals surface area contributed by atoms with Crippen LogP contribution in [0, 0.1) is 5.92 Å². The first-order valence-electron chi connectivity index (χ1n) is 6.15. The topological polar surface area (TPSA) is 29.3 Å². The molecule has 2 heterocycles. The molecule has 3 rings (SSSR count). The first-order valence-corrected chi connectivity index (χ1v) is 6.69. The summed E-state index contributed by atoms with van der Waals surface area (Å²) in [7, 11) is 0. The standard InChI is InChI=1S/C12H17ClN2O/c13-7-10-8-16-12(14-10)15-6-5-9-3-1-2-4-11(9)15/h8-9,11H,1-7H2. The van der Waals surface area contributed by atoms with Gasteiger partial charge in [0, 0.05) is 12.6 Å². The maximum Gasteiger partial charge on any atom is 0.297 e. The van der Waals surface area contributed by atoms with Gasteiger partial charge in [0.2, 0.25) is 0 Å². The molecule has 1 aromatic rings. The van der Waals surface area contributed by atoms with Gasteiger partial charge in [0.05, 0.1) is 11.6 Å². The average Bonchev–Trinajstić information content (AvgIpc) is 2.94. The Bertz CT molecular complexity index is 366. The molecule has 88 valence electrons. The molecule has 2 unspecified atom stereocenters. The highest BCUT2D eigenvalue weighted by Crippen LogP contribution is 2.38. The zero-order valence-corrected chi connectivity index (χ0v) is 10.1. The fourth-order valence-corrected chi connectivity index (χ4v) is 3.26. The molecule has 4 heteroatoms. The molecule has 3 nitrogen and oxygen atoms in total. The van der Waals surface area contributed by atoms with Crippen LogP contribution >= 0.6 is 11.6 Å². The van der Waals surface area contributed by atoms with Gasteiger partial charge in [-0.05, 0) is 25.2 Å². The second kappa shape index (κ2) is 4.28. The van der Waals surface area contributed by atoms with Crippen LogP contribution in [0.15, 0.2) is 10.7 Å². The van der Waals surface area contributed by atoms with E-state index in [0.29, 0.717) is 11.9 Å². The SMILES string of the molecule is ClCc1coc(N2CCC3CCCCC32)n1. The number of aromatic nitrogens is 1. The minimum absolute atomic E-state index is 0.436. The van der Waals surface area contributed by atoms with Gasteiger partial charge in [0.1, 0.15) is 6.26 Å². The van der Waals surface area contributed by atoms with Gasteiger partial charge in [-0.2, -0.15) is 4.98 Å². The number of anilines is 1. The number of oxazole rings is 1. The van der Waals surface area contributed by atoms with Crippen LogP contribution in [0.1, 0.15) is 37.8 Å². The molecule has 2 atom stereocenters. The fraction of sp³-hybridized carbons (Fsp3) is 0.750. The Labute approximate surface area is 101 Å². The predicted octanol–water partition coefficient (Wildman–Crippen LogP) is 3.18. The maximum atomic E-state index is 5.74. The highest BCUT2D eigenvalue weighted by molar-refractivity contribution is 6.16. The third-order valence-electron chi connectivity index (χ3n) is 3.93. The van der Waals surface area contributed by atoms with Crippen LogP contribution < -0.4 is 4.90 Å². The van der Waals surface area contributed by atoms with Gasteiger partial charge in [0.25, 0.3) is 6.01 Å². The van der Waals surface area contributed by atoms with Crippen molar-refractivity contribution in [1.29, 1.82) is 0 Å². The molecule has 1 aliphatic heterocycles. The lowest BCUT2D eigenvalue weighted by Crippen LogP contribution is -2.34. The Hall–Kier alpha value is -0.700. The Morgan fingerprint density at radius 2 is 2.25 bits per heavy atom. The number of fused-ring (bicyclic) bond motifs is 1. The van der Waals surface area contributed by atoms with Crippen molar-refractivity contribution >= 4 is 17.6 Å². The Kier molecular flexibility index (Phi) is 2.80. The summed E-state index contributed by atoms with van der Waals surface area (Å²) < 4.78 is 5.52. The Morgan fingerprint density at radius 3 is 3.06 bits per heavy atom. The van der Waals surface area contributed by atoms with Gasteiger partial charge >= 0.3 is 0 Å². The lowest BCUT2D eigenvalue weighted by molar-refractivity contribution is 0.335. The van der Waals surface area contributed by atoms with Crippen LogP contribution in [-0.4, -0.2) is 17.6 Å². The molecule has 1 saturated carbocycles. The van der Waals surface area contributed by atoms with Gasteiger partial charge in [-0.25, -0.2) is 0 Å². The van der Waals surface area contributed by atoms with Crippen molar-refractivity contribution < 1.29 is 4.42 Å². The molecule has 0 aromatic carbocycles.